The van der Waals surface area contributed by atoms with Crippen molar-refractivity contribution >= 4 is 27.3 Å². The van der Waals surface area contributed by atoms with Crippen LogP contribution in [-0.4, -0.2) is 44.8 Å². The van der Waals surface area contributed by atoms with E-state index in [-0.39, 0.29) is 16.1 Å². The van der Waals surface area contributed by atoms with Crippen molar-refractivity contribution in [1.82, 2.24) is 4.31 Å². The van der Waals surface area contributed by atoms with Crippen LogP contribution in [0.1, 0.15) is 15.9 Å². The highest BCUT2D eigenvalue weighted by atomic mass is 32.2. The molecule has 0 aromatic heterocycles. The molecule has 1 aliphatic heterocycles. The van der Waals surface area contributed by atoms with E-state index < -0.39 is 27.7 Å². The van der Waals surface area contributed by atoms with Crippen LogP contribution in [0.15, 0.2) is 83.8 Å². The van der Waals surface area contributed by atoms with Gasteiger partial charge in [0.2, 0.25) is 10.0 Å². The first kappa shape index (κ1) is 23.8. The van der Waals surface area contributed by atoms with Crippen LogP contribution in [0.4, 0.5) is 24.5 Å². The maximum absolute atomic E-state index is 13.2. The maximum atomic E-state index is 13.2. The van der Waals surface area contributed by atoms with E-state index in [1.54, 1.807) is 0 Å². The van der Waals surface area contributed by atoms with E-state index in [1.165, 1.54) is 28.6 Å². The van der Waals surface area contributed by atoms with Crippen molar-refractivity contribution in [2.45, 2.75) is 11.1 Å². The van der Waals surface area contributed by atoms with Gasteiger partial charge in [-0.3, -0.25) is 4.79 Å². The van der Waals surface area contributed by atoms with Gasteiger partial charge in [-0.05, 0) is 54.6 Å². The quantitative estimate of drug-likeness (QED) is 0.574. The van der Waals surface area contributed by atoms with Gasteiger partial charge >= 0.3 is 6.18 Å². The summed E-state index contributed by atoms with van der Waals surface area (Å²) in [7, 11) is -3.82. The Hall–Kier alpha value is -3.37. The lowest BCUT2D eigenvalue weighted by Gasteiger charge is -2.35. The van der Waals surface area contributed by atoms with Crippen molar-refractivity contribution in [3.63, 3.8) is 0 Å². The summed E-state index contributed by atoms with van der Waals surface area (Å²) in [5, 5.41) is 2.50. The monoisotopic (exact) mass is 489 g/mol. The minimum atomic E-state index is -4.47. The standard InChI is InChI=1S/C24H22F3N3O3S/c25-24(26,27)19-9-11-20(12-10-19)28-23(31)18-5-4-8-22(17-18)34(32,33)30-15-13-29(14-16-30)21-6-2-1-3-7-21/h1-12,17H,13-16H2,(H,28,31). The fourth-order valence-electron chi connectivity index (χ4n) is 3.72. The molecule has 0 bridgehead atoms. The molecule has 0 aliphatic carbocycles. The molecule has 0 unspecified atom stereocenters. The molecule has 1 saturated heterocycles. The Morgan fingerprint density at radius 2 is 1.47 bits per heavy atom. The van der Waals surface area contributed by atoms with Gasteiger partial charge in [0.25, 0.3) is 5.91 Å². The lowest BCUT2D eigenvalue weighted by Crippen LogP contribution is -2.48. The van der Waals surface area contributed by atoms with Gasteiger partial charge in [0.1, 0.15) is 0 Å². The van der Waals surface area contributed by atoms with Gasteiger partial charge in [-0.2, -0.15) is 17.5 Å². The Balaban J connectivity index is 1.44. The number of nitrogens with one attached hydrogen (secondary N) is 1. The van der Waals surface area contributed by atoms with E-state index in [0.717, 1.165) is 30.0 Å². The molecule has 4 rings (SSSR count). The van der Waals surface area contributed by atoms with E-state index >= 15 is 0 Å². The number of alkyl halides is 3. The SMILES string of the molecule is O=C(Nc1ccc(C(F)(F)F)cc1)c1cccc(S(=O)(=O)N2CCN(c3ccccc3)CC2)c1. The number of rotatable bonds is 5. The summed E-state index contributed by atoms with van der Waals surface area (Å²) in [4.78, 5) is 14.7. The summed E-state index contributed by atoms with van der Waals surface area (Å²) >= 11 is 0. The van der Waals surface area contributed by atoms with Crippen LogP contribution in [0.25, 0.3) is 0 Å². The van der Waals surface area contributed by atoms with Crippen LogP contribution >= 0.6 is 0 Å². The molecule has 6 nitrogen and oxygen atoms in total. The van der Waals surface area contributed by atoms with Crippen LogP contribution in [0.3, 0.4) is 0 Å². The second-order valence-electron chi connectivity index (χ2n) is 7.78. The normalized spacial score (nSPS) is 15.2. The van der Waals surface area contributed by atoms with Gasteiger partial charge < -0.3 is 10.2 Å². The van der Waals surface area contributed by atoms with E-state index in [1.807, 2.05) is 30.3 Å². The first-order valence-corrected chi connectivity index (χ1v) is 12.0. The largest absolute Gasteiger partial charge is 0.416 e. The number of halogens is 3. The Bertz CT molecular complexity index is 1260. The molecule has 1 aliphatic rings. The predicted molar refractivity (Wildman–Crippen MR) is 123 cm³/mol. The minimum Gasteiger partial charge on any atom is -0.369 e. The maximum Gasteiger partial charge on any atom is 0.416 e. The van der Waals surface area contributed by atoms with Crippen molar-refractivity contribution in [2.24, 2.45) is 0 Å². The highest BCUT2D eigenvalue weighted by molar-refractivity contribution is 7.89. The highest BCUT2D eigenvalue weighted by Gasteiger charge is 2.30. The molecule has 3 aromatic rings. The number of sulfonamides is 1. The molecule has 3 aromatic carbocycles. The molecule has 10 heteroatoms. The summed E-state index contributed by atoms with van der Waals surface area (Å²) in [5.74, 6) is -0.620. The molecule has 1 fully saturated rings. The molecule has 0 saturated carbocycles. The topological polar surface area (TPSA) is 69.7 Å². The Kier molecular flexibility index (Phi) is 6.63. The zero-order valence-electron chi connectivity index (χ0n) is 18.0. The number of carbonyl (C=O) groups excluding carboxylic acids is 1. The van der Waals surface area contributed by atoms with E-state index in [2.05, 4.69) is 10.2 Å². The van der Waals surface area contributed by atoms with Crippen LogP contribution in [0, 0.1) is 0 Å². The number of benzene rings is 3. The second-order valence-corrected chi connectivity index (χ2v) is 9.72. The van der Waals surface area contributed by atoms with E-state index in [4.69, 9.17) is 0 Å². The summed E-state index contributed by atoms with van der Waals surface area (Å²) in [5.41, 5.74) is 0.458. The van der Waals surface area contributed by atoms with E-state index in [9.17, 15) is 26.4 Å². The fourth-order valence-corrected chi connectivity index (χ4v) is 5.19. The highest BCUT2D eigenvalue weighted by Crippen LogP contribution is 2.30. The van der Waals surface area contributed by atoms with Gasteiger partial charge in [-0.15, -0.1) is 0 Å². The fraction of sp³-hybridized carbons (Fsp3) is 0.208. The zero-order chi connectivity index (χ0) is 24.3. The third-order valence-corrected chi connectivity index (χ3v) is 7.46. The molecule has 178 valence electrons. The summed E-state index contributed by atoms with van der Waals surface area (Å²) in [6, 6.07) is 19.4. The van der Waals surface area contributed by atoms with Gasteiger partial charge in [0.15, 0.2) is 0 Å². The molecule has 0 spiro atoms. The number of hydrogen-bond donors (Lipinski definition) is 1. The first-order chi connectivity index (χ1) is 16.1. The van der Waals surface area contributed by atoms with Gasteiger partial charge in [0, 0.05) is 43.1 Å². The average Bonchev–Trinajstić information content (AvgIpc) is 2.84. The number of para-hydroxylation sites is 1. The lowest BCUT2D eigenvalue weighted by molar-refractivity contribution is -0.137. The van der Waals surface area contributed by atoms with Crippen molar-refractivity contribution in [1.29, 1.82) is 0 Å². The Labute approximate surface area is 195 Å². The first-order valence-electron chi connectivity index (χ1n) is 10.5. The Morgan fingerprint density at radius 3 is 2.09 bits per heavy atom. The van der Waals surface area contributed by atoms with Crippen LogP contribution in [0.5, 0.6) is 0 Å². The third-order valence-electron chi connectivity index (χ3n) is 5.56. The van der Waals surface area contributed by atoms with Crippen molar-refractivity contribution in [3.8, 4) is 0 Å². The average molecular weight is 490 g/mol. The molecule has 1 amide bonds. The molecule has 1 N–H and O–H groups in total. The van der Waals surface area contributed by atoms with Crippen LogP contribution < -0.4 is 10.2 Å². The summed E-state index contributed by atoms with van der Waals surface area (Å²) in [6.45, 7) is 1.69. The van der Waals surface area contributed by atoms with Gasteiger partial charge in [-0.1, -0.05) is 24.3 Å². The number of piperazine rings is 1. The smallest absolute Gasteiger partial charge is 0.369 e. The van der Waals surface area contributed by atoms with Crippen molar-refractivity contribution in [3.05, 3.63) is 90.0 Å². The molecular weight excluding hydrogens is 467 g/mol. The number of carbonyl (C=O) groups is 1. The molecule has 0 atom stereocenters. The summed E-state index contributed by atoms with van der Waals surface area (Å²) < 4.78 is 65.9. The van der Waals surface area contributed by atoms with Crippen LogP contribution in [0.2, 0.25) is 0 Å². The molecule has 0 radical (unpaired) electrons. The summed E-state index contributed by atoms with van der Waals surface area (Å²) in [6.07, 6.45) is -4.47. The Morgan fingerprint density at radius 1 is 0.824 bits per heavy atom. The molecule has 34 heavy (non-hydrogen) atoms. The van der Waals surface area contributed by atoms with Crippen molar-refractivity contribution < 1.29 is 26.4 Å². The molecular formula is C24H22F3N3O3S. The third kappa shape index (κ3) is 5.23. The van der Waals surface area contributed by atoms with Gasteiger partial charge in [0.05, 0.1) is 10.5 Å². The number of nitrogens with zero attached hydrogens (tertiary/aromatic N) is 2. The van der Waals surface area contributed by atoms with Crippen molar-refractivity contribution in [2.75, 3.05) is 36.4 Å². The van der Waals surface area contributed by atoms with E-state index in [0.29, 0.717) is 26.2 Å². The molecule has 1 heterocycles. The lowest BCUT2D eigenvalue weighted by atomic mass is 10.2. The van der Waals surface area contributed by atoms with Gasteiger partial charge in [-0.25, -0.2) is 8.42 Å². The minimum absolute atomic E-state index is 0.0132. The zero-order valence-corrected chi connectivity index (χ0v) is 18.8. The predicted octanol–water partition coefficient (Wildman–Crippen LogP) is 4.47. The number of amides is 1. The number of anilines is 2. The number of hydrogen-bond acceptors (Lipinski definition) is 4. The van der Waals surface area contributed by atoms with Crippen LogP contribution in [-0.2, 0) is 16.2 Å². The second kappa shape index (κ2) is 9.47.